The van der Waals surface area contributed by atoms with E-state index in [-0.39, 0.29) is 11.8 Å². The van der Waals surface area contributed by atoms with Crippen molar-refractivity contribution in [3.8, 4) is 0 Å². The molecule has 1 unspecified atom stereocenters. The van der Waals surface area contributed by atoms with Crippen molar-refractivity contribution in [3.05, 3.63) is 64.7 Å². The van der Waals surface area contributed by atoms with Gasteiger partial charge >= 0.3 is 0 Å². The van der Waals surface area contributed by atoms with Gasteiger partial charge in [0.1, 0.15) is 11.0 Å². The van der Waals surface area contributed by atoms with Gasteiger partial charge in [0.25, 0.3) is 5.91 Å². The van der Waals surface area contributed by atoms with Crippen LogP contribution in [0, 0.1) is 0 Å². The fourth-order valence-corrected chi connectivity index (χ4v) is 4.45. The van der Waals surface area contributed by atoms with Crippen LogP contribution in [0.2, 0.25) is 5.02 Å². The van der Waals surface area contributed by atoms with Gasteiger partial charge in [0.2, 0.25) is 5.91 Å². The molecule has 1 aliphatic rings. The molecule has 3 rings (SSSR count). The first-order valence-electron chi connectivity index (χ1n) is 9.85. The fourth-order valence-electron chi connectivity index (χ4n) is 3.55. The first-order valence-corrected chi connectivity index (χ1v) is 11.7. The van der Waals surface area contributed by atoms with Crippen LogP contribution in [0.1, 0.15) is 22.8 Å². The van der Waals surface area contributed by atoms with Crippen LogP contribution < -0.4 is 4.31 Å². The minimum Gasteiger partial charge on any atom is -0.336 e. The zero-order chi connectivity index (χ0) is 21.7. The molecule has 0 bridgehead atoms. The lowest BCUT2D eigenvalue weighted by atomic mass is 10.1. The monoisotopic (exact) mass is 447 g/mol. The Bertz CT molecular complexity index is 896. The van der Waals surface area contributed by atoms with Crippen LogP contribution in [0.4, 0.5) is 5.69 Å². The summed E-state index contributed by atoms with van der Waals surface area (Å²) in [7, 11) is -1.45. The van der Waals surface area contributed by atoms with Crippen molar-refractivity contribution >= 4 is 40.1 Å². The summed E-state index contributed by atoms with van der Waals surface area (Å²) in [6.45, 7) is 5.36. The van der Waals surface area contributed by atoms with Gasteiger partial charge in [-0.1, -0.05) is 23.7 Å². The lowest BCUT2D eigenvalue weighted by molar-refractivity contribution is -0.115. The van der Waals surface area contributed by atoms with E-state index in [0.29, 0.717) is 24.3 Å². The van der Waals surface area contributed by atoms with E-state index in [1.54, 1.807) is 24.3 Å². The SMILES string of the molecule is CC(=O)N(c1ccc(C(=O)N2CCN(CCc3ccc(Cl)cc3)CC2)cc1)S(C)=O. The molecule has 6 nitrogen and oxygen atoms in total. The van der Waals surface area contributed by atoms with Crippen LogP contribution in [0.25, 0.3) is 0 Å². The summed E-state index contributed by atoms with van der Waals surface area (Å²) in [5.74, 6) is -0.324. The van der Waals surface area contributed by atoms with Gasteiger partial charge < -0.3 is 4.90 Å². The van der Waals surface area contributed by atoms with E-state index in [1.165, 1.54) is 23.0 Å². The zero-order valence-corrected chi connectivity index (χ0v) is 18.8. The van der Waals surface area contributed by atoms with Gasteiger partial charge in [0, 0.05) is 56.5 Å². The number of carbonyl (C=O) groups is 2. The van der Waals surface area contributed by atoms with Crippen LogP contribution in [-0.2, 0) is 22.2 Å². The summed E-state index contributed by atoms with van der Waals surface area (Å²) in [4.78, 5) is 28.7. The number of piperazine rings is 1. The number of benzene rings is 2. The van der Waals surface area contributed by atoms with Gasteiger partial charge in [0.15, 0.2) is 0 Å². The second-order valence-electron chi connectivity index (χ2n) is 7.29. The number of hydrogen-bond acceptors (Lipinski definition) is 4. The molecule has 0 spiro atoms. The van der Waals surface area contributed by atoms with Crippen molar-refractivity contribution in [1.29, 1.82) is 0 Å². The Morgan fingerprint density at radius 1 is 1.00 bits per heavy atom. The predicted octanol–water partition coefficient (Wildman–Crippen LogP) is 2.99. The molecule has 2 aromatic rings. The minimum atomic E-state index is -1.45. The number of amides is 2. The van der Waals surface area contributed by atoms with Crippen molar-refractivity contribution < 1.29 is 13.8 Å². The molecule has 1 atom stereocenters. The second kappa shape index (κ2) is 10.2. The lowest BCUT2D eigenvalue weighted by Gasteiger charge is -2.34. The molecule has 1 fully saturated rings. The highest BCUT2D eigenvalue weighted by Crippen LogP contribution is 2.19. The van der Waals surface area contributed by atoms with Crippen LogP contribution in [0.15, 0.2) is 48.5 Å². The van der Waals surface area contributed by atoms with E-state index in [2.05, 4.69) is 4.90 Å². The Kier molecular flexibility index (Phi) is 7.64. The standard InChI is InChI=1S/C22H26ClN3O3S/c1-17(27)26(30(2)29)21-9-5-19(6-10-21)22(28)25-15-13-24(14-16-25)12-11-18-3-7-20(23)8-4-18/h3-10H,11-16H2,1-2H3. The van der Waals surface area contributed by atoms with Crippen molar-refractivity contribution in [1.82, 2.24) is 9.80 Å². The topological polar surface area (TPSA) is 60.9 Å². The molecule has 0 aliphatic carbocycles. The number of nitrogens with zero attached hydrogens (tertiary/aromatic N) is 3. The minimum absolute atomic E-state index is 0.0223. The Morgan fingerprint density at radius 3 is 2.13 bits per heavy atom. The molecule has 0 radical (unpaired) electrons. The number of rotatable bonds is 6. The Morgan fingerprint density at radius 2 is 1.60 bits per heavy atom. The third-order valence-corrected chi connectivity index (χ3v) is 6.42. The highest BCUT2D eigenvalue weighted by Gasteiger charge is 2.22. The average Bonchev–Trinajstić information content (AvgIpc) is 2.73. The van der Waals surface area contributed by atoms with Crippen LogP contribution >= 0.6 is 11.6 Å². The summed E-state index contributed by atoms with van der Waals surface area (Å²) in [5.41, 5.74) is 2.34. The largest absolute Gasteiger partial charge is 0.336 e. The summed E-state index contributed by atoms with van der Waals surface area (Å²) in [6, 6.07) is 14.6. The molecule has 2 aromatic carbocycles. The van der Waals surface area contributed by atoms with Crippen LogP contribution in [-0.4, -0.2) is 64.8 Å². The zero-order valence-electron chi connectivity index (χ0n) is 17.2. The Balaban J connectivity index is 1.52. The van der Waals surface area contributed by atoms with Crippen LogP contribution in [0.5, 0.6) is 0 Å². The van der Waals surface area contributed by atoms with Crippen LogP contribution in [0.3, 0.4) is 0 Å². The summed E-state index contributed by atoms with van der Waals surface area (Å²) >= 11 is 5.93. The first-order chi connectivity index (χ1) is 14.3. The third-order valence-electron chi connectivity index (χ3n) is 5.18. The lowest BCUT2D eigenvalue weighted by Crippen LogP contribution is -2.49. The quantitative estimate of drug-likeness (QED) is 0.683. The molecule has 1 saturated heterocycles. The smallest absolute Gasteiger partial charge is 0.253 e. The molecule has 30 heavy (non-hydrogen) atoms. The van der Waals surface area contributed by atoms with Crippen molar-refractivity contribution in [3.63, 3.8) is 0 Å². The molecule has 8 heteroatoms. The normalized spacial score (nSPS) is 15.6. The molecular weight excluding hydrogens is 422 g/mol. The summed E-state index contributed by atoms with van der Waals surface area (Å²) in [6.07, 6.45) is 2.41. The molecule has 0 saturated carbocycles. The van der Waals surface area contributed by atoms with Crippen molar-refractivity contribution in [2.45, 2.75) is 13.3 Å². The molecule has 0 N–H and O–H groups in total. The van der Waals surface area contributed by atoms with E-state index >= 15 is 0 Å². The van der Waals surface area contributed by atoms with E-state index in [0.717, 1.165) is 31.1 Å². The van der Waals surface area contributed by atoms with Gasteiger partial charge in [-0.05, 0) is 48.4 Å². The fraction of sp³-hybridized carbons (Fsp3) is 0.364. The summed E-state index contributed by atoms with van der Waals surface area (Å²) in [5, 5.41) is 0.746. The van der Waals surface area contributed by atoms with Gasteiger partial charge in [-0.2, -0.15) is 0 Å². The Labute approximate surface area is 185 Å². The van der Waals surface area contributed by atoms with Crippen molar-refractivity contribution in [2.75, 3.05) is 43.3 Å². The maximum absolute atomic E-state index is 12.8. The molecule has 0 aromatic heterocycles. The van der Waals surface area contributed by atoms with Gasteiger partial charge in [-0.15, -0.1) is 0 Å². The third kappa shape index (κ3) is 5.68. The molecule has 160 valence electrons. The van der Waals surface area contributed by atoms with Crippen molar-refractivity contribution in [2.24, 2.45) is 0 Å². The average molecular weight is 448 g/mol. The Hall–Kier alpha value is -2.22. The predicted molar refractivity (Wildman–Crippen MR) is 121 cm³/mol. The number of anilines is 1. The highest BCUT2D eigenvalue weighted by molar-refractivity contribution is 7.86. The first kappa shape index (κ1) is 22.5. The van der Waals surface area contributed by atoms with Gasteiger partial charge in [-0.25, -0.2) is 8.51 Å². The number of carbonyl (C=O) groups excluding carboxylic acids is 2. The van der Waals surface area contributed by atoms with Gasteiger partial charge in [-0.3, -0.25) is 14.5 Å². The maximum atomic E-state index is 12.8. The molecule has 1 aliphatic heterocycles. The molecule has 1 heterocycles. The molecule has 2 amide bonds. The maximum Gasteiger partial charge on any atom is 0.253 e. The van der Waals surface area contributed by atoms with E-state index in [1.807, 2.05) is 29.2 Å². The molecular formula is C22H26ClN3O3S. The van der Waals surface area contributed by atoms with Gasteiger partial charge in [0.05, 0.1) is 5.69 Å². The van der Waals surface area contributed by atoms with E-state index in [9.17, 15) is 13.8 Å². The highest BCUT2D eigenvalue weighted by atomic mass is 35.5. The van der Waals surface area contributed by atoms with E-state index < -0.39 is 11.0 Å². The van der Waals surface area contributed by atoms with E-state index in [4.69, 9.17) is 11.6 Å². The summed E-state index contributed by atoms with van der Waals surface area (Å²) < 4.78 is 13.0. The number of halogens is 1. The number of hydrogen-bond donors (Lipinski definition) is 0. The second-order valence-corrected chi connectivity index (χ2v) is 8.94.